The van der Waals surface area contributed by atoms with Crippen LogP contribution in [0.5, 0.6) is 5.75 Å². The summed E-state index contributed by atoms with van der Waals surface area (Å²) in [5.41, 5.74) is 0.821. The van der Waals surface area contributed by atoms with Crippen molar-refractivity contribution in [2.45, 2.75) is 0 Å². The van der Waals surface area contributed by atoms with Crippen LogP contribution < -0.4 is 10.3 Å². The molecule has 0 saturated heterocycles. The van der Waals surface area contributed by atoms with Gasteiger partial charge in [0.2, 0.25) is 0 Å². The van der Waals surface area contributed by atoms with Gasteiger partial charge in [-0.05, 0) is 12.1 Å². The fourth-order valence-electron chi connectivity index (χ4n) is 2.08. The molecule has 0 atom stereocenters. The predicted octanol–water partition coefficient (Wildman–Crippen LogP) is 2.05. The molecule has 2 aromatic heterocycles. The van der Waals surface area contributed by atoms with Gasteiger partial charge in [-0.15, -0.1) is 0 Å². The Balaban J connectivity index is 2.19. The van der Waals surface area contributed by atoms with E-state index in [1.165, 1.54) is 19.2 Å². The summed E-state index contributed by atoms with van der Waals surface area (Å²) in [6, 6.07) is 7.67. The molecule has 8 heteroatoms. The Bertz CT molecular complexity index is 945. The molecule has 7 nitrogen and oxygen atoms in total. The van der Waals surface area contributed by atoms with E-state index in [1.807, 2.05) is 0 Å². The number of benzene rings is 1. The van der Waals surface area contributed by atoms with E-state index in [4.69, 9.17) is 21.4 Å². The average molecular weight is 320 g/mol. The molecule has 0 saturated carbocycles. The maximum atomic E-state index is 12.1. The molecule has 0 unspecified atom stereocenters. The van der Waals surface area contributed by atoms with Crippen LogP contribution in [0.25, 0.3) is 16.9 Å². The number of aromatic amines is 1. The van der Waals surface area contributed by atoms with Crippen molar-refractivity contribution in [3.63, 3.8) is 0 Å². The number of carboxylic acid groups (broad SMARTS) is 1. The van der Waals surface area contributed by atoms with Crippen LogP contribution in [0.1, 0.15) is 10.5 Å². The second-order valence-corrected chi connectivity index (χ2v) is 4.91. The van der Waals surface area contributed by atoms with Crippen LogP contribution in [0.3, 0.4) is 0 Å². The maximum absolute atomic E-state index is 12.1. The third-order valence-corrected chi connectivity index (χ3v) is 3.44. The largest absolute Gasteiger partial charge is 0.495 e. The molecule has 0 aliphatic rings. The van der Waals surface area contributed by atoms with Gasteiger partial charge in [-0.1, -0.05) is 17.7 Å². The minimum absolute atomic E-state index is 0.209. The monoisotopic (exact) mass is 319 g/mol. The second kappa shape index (κ2) is 5.19. The number of methoxy groups -OCH3 is 1. The Morgan fingerprint density at radius 2 is 2.14 bits per heavy atom. The van der Waals surface area contributed by atoms with Gasteiger partial charge in [0, 0.05) is 17.7 Å². The van der Waals surface area contributed by atoms with Crippen LogP contribution in [0.15, 0.2) is 35.1 Å². The standard InChI is InChI=1S/C14H10ClN3O4/c1-22-11-4-7(2-3-8(11)15)9-6-13(19)18-12(16-9)5-10(17-18)14(20)21/h2-6,16H,1H3,(H,20,21). The topological polar surface area (TPSA) is 96.7 Å². The summed E-state index contributed by atoms with van der Waals surface area (Å²) in [6.45, 7) is 0. The number of hydrogen-bond donors (Lipinski definition) is 2. The summed E-state index contributed by atoms with van der Waals surface area (Å²) in [5, 5.41) is 13.1. The molecule has 1 aromatic carbocycles. The number of nitrogens with zero attached hydrogens (tertiary/aromatic N) is 2. The lowest BCUT2D eigenvalue weighted by Crippen LogP contribution is -2.14. The van der Waals surface area contributed by atoms with Crippen LogP contribution in [0.2, 0.25) is 5.02 Å². The number of aromatic carboxylic acids is 1. The minimum atomic E-state index is -1.20. The first kappa shape index (κ1) is 14.2. The molecule has 0 radical (unpaired) electrons. The number of fused-ring (bicyclic) bond motifs is 1. The van der Waals surface area contributed by atoms with E-state index in [1.54, 1.807) is 18.2 Å². The van der Waals surface area contributed by atoms with E-state index < -0.39 is 11.5 Å². The zero-order valence-corrected chi connectivity index (χ0v) is 12.1. The van der Waals surface area contributed by atoms with Crippen molar-refractivity contribution in [3.05, 3.63) is 51.4 Å². The average Bonchev–Trinajstić information content (AvgIpc) is 2.92. The van der Waals surface area contributed by atoms with Gasteiger partial charge in [0.05, 0.1) is 17.8 Å². The van der Waals surface area contributed by atoms with Gasteiger partial charge in [0.25, 0.3) is 5.56 Å². The van der Waals surface area contributed by atoms with Crippen molar-refractivity contribution in [2.24, 2.45) is 0 Å². The van der Waals surface area contributed by atoms with E-state index in [0.29, 0.717) is 22.0 Å². The number of nitrogens with one attached hydrogen (secondary N) is 1. The van der Waals surface area contributed by atoms with E-state index in [2.05, 4.69) is 10.1 Å². The Hall–Kier alpha value is -2.80. The molecular weight excluding hydrogens is 310 g/mol. The first-order chi connectivity index (χ1) is 10.5. The van der Waals surface area contributed by atoms with E-state index in [-0.39, 0.29) is 11.3 Å². The smallest absolute Gasteiger partial charge is 0.356 e. The highest BCUT2D eigenvalue weighted by Gasteiger charge is 2.13. The third-order valence-electron chi connectivity index (χ3n) is 3.13. The highest BCUT2D eigenvalue weighted by molar-refractivity contribution is 6.32. The van der Waals surface area contributed by atoms with Crippen molar-refractivity contribution in [1.82, 2.24) is 14.6 Å². The van der Waals surface area contributed by atoms with Crippen molar-refractivity contribution in [1.29, 1.82) is 0 Å². The Morgan fingerprint density at radius 1 is 1.36 bits per heavy atom. The highest BCUT2D eigenvalue weighted by Crippen LogP contribution is 2.29. The number of carbonyl (C=O) groups is 1. The van der Waals surface area contributed by atoms with Crippen molar-refractivity contribution >= 4 is 23.2 Å². The fourth-order valence-corrected chi connectivity index (χ4v) is 2.28. The number of rotatable bonds is 3. The van der Waals surface area contributed by atoms with Crippen LogP contribution in [-0.2, 0) is 0 Å². The number of H-pyrrole nitrogens is 1. The molecular formula is C14H10ClN3O4. The van der Waals surface area contributed by atoms with Crippen LogP contribution in [0, 0.1) is 0 Å². The molecule has 3 rings (SSSR count). The quantitative estimate of drug-likeness (QED) is 0.770. The van der Waals surface area contributed by atoms with Gasteiger partial charge in [0.15, 0.2) is 5.69 Å². The lowest BCUT2D eigenvalue weighted by atomic mass is 10.1. The third kappa shape index (κ3) is 2.31. The van der Waals surface area contributed by atoms with E-state index in [9.17, 15) is 9.59 Å². The summed E-state index contributed by atoms with van der Waals surface area (Å²) >= 11 is 5.97. The Labute approximate surface area is 128 Å². The van der Waals surface area contributed by atoms with E-state index in [0.717, 1.165) is 4.52 Å². The van der Waals surface area contributed by atoms with Crippen molar-refractivity contribution in [3.8, 4) is 17.0 Å². The molecule has 0 aliphatic carbocycles. The molecule has 2 N–H and O–H groups in total. The molecule has 0 spiro atoms. The number of aromatic nitrogens is 3. The summed E-state index contributed by atoms with van der Waals surface area (Å²) in [4.78, 5) is 26.0. The molecule has 0 aliphatic heterocycles. The molecule has 3 aromatic rings. The highest BCUT2D eigenvalue weighted by atomic mass is 35.5. The molecule has 22 heavy (non-hydrogen) atoms. The summed E-state index contributed by atoms with van der Waals surface area (Å²) < 4.78 is 6.14. The minimum Gasteiger partial charge on any atom is -0.495 e. The first-order valence-corrected chi connectivity index (χ1v) is 6.57. The zero-order valence-electron chi connectivity index (χ0n) is 11.3. The van der Waals surface area contributed by atoms with Crippen LogP contribution >= 0.6 is 11.6 Å². The molecule has 0 fully saturated rings. The Kier molecular flexibility index (Phi) is 3.34. The molecule has 2 heterocycles. The van der Waals surface area contributed by atoms with Crippen molar-refractivity contribution in [2.75, 3.05) is 7.11 Å². The zero-order chi connectivity index (χ0) is 15.9. The number of ether oxygens (including phenoxy) is 1. The van der Waals surface area contributed by atoms with E-state index >= 15 is 0 Å². The summed E-state index contributed by atoms with van der Waals surface area (Å²) in [7, 11) is 1.49. The number of hydrogen-bond acceptors (Lipinski definition) is 4. The van der Waals surface area contributed by atoms with Crippen LogP contribution in [-0.4, -0.2) is 32.8 Å². The molecule has 0 amide bonds. The van der Waals surface area contributed by atoms with Gasteiger partial charge in [0.1, 0.15) is 11.4 Å². The van der Waals surface area contributed by atoms with Gasteiger partial charge >= 0.3 is 5.97 Å². The second-order valence-electron chi connectivity index (χ2n) is 4.50. The fraction of sp³-hybridized carbons (Fsp3) is 0.0714. The number of carboxylic acids is 1. The normalized spacial score (nSPS) is 10.8. The molecule has 0 bridgehead atoms. The van der Waals surface area contributed by atoms with Crippen molar-refractivity contribution < 1.29 is 14.6 Å². The lowest BCUT2D eigenvalue weighted by Gasteiger charge is -2.07. The first-order valence-electron chi connectivity index (χ1n) is 6.20. The van der Waals surface area contributed by atoms with Gasteiger partial charge < -0.3 is 14.8 Å². The SMILES string of the molecule is COc1cc(-c2cc(=O)n3nc(C(=O)O)cc3[nH]2)ccc1Cl. The number of halogens is 1. The molecule has 112 valence electrons. The van der Waals surface area contributed by atoms with Gasteiger partial charge in [-0.2, -0.15) is 9.61 Å². The summed E-state index contributed by atoms with van der Waals surface area (Å²) in [5.74, 6) is -0.731. The van der Waals surface area contributed by atoms with Gasteiger partial charge in [-0.3, -0.25) is 4.79 Å². The lowest BCUT2D eigenvalue weighted by molar-refractivity contribution is 0.0690. The summed E-state index contributed by atoms with van der Waals surface area (Å²) in [6.07, 6.45) is 0. The Morgan fingerprint density at radius 3 is 2.82 bits per heavy atom. The van der Waals surface area contributed by atoms with Crippen LogP contribution in [0.4, 0.5) is 0 Å². The predicted molar refractivity (Wildman–Crippen MR) is 79.8 cm³/mol. The maximum Gasteiger partial charge on any atom is 0.356 e. The van der Waals surface area contributed by atoms with Gasteiger partial charge in [-0.25, -0.2) is 4.79 Å².